The van der Waals surface area contributed by atoms with Gasteiger partial charge in [0.25, 0.3) is 0 Å². The second-order valence-electron chi connectivity index (χ2n) is 6.08. The Kier molecular flexibility index (Phi) is 7.20. The van der Waals surface area contributed by atoms with Gasteiger partial charge >= 0.3 is 0 Å². The van der Waals surface area contributed by atoms with Crippen LogP contribution in [0.15, 0.2) is 46.8 Å². The van der Waals surface area contributed by atoms with Gasteiger partial charge in [-0.25, -0.2) is 9.98 Å². The largest absolute Gasteiger partial charge is 0.494 e. The van der Waals surface area contributed by atoms with Crippen LogP contribution in [0.4, 0.5) is 5.13 Å². The first-order valence-electron chi connectivity index (χ1n) is 9.12. The second kappa shape index (κ2) is 10.0. The van der Waals surface area contributed by atoms with E-state index in [0.29, 0.717) is 30.8 Å². The summed E-state index contributed by atoms with van der Waals surface area (Å²) in [5.41, 5.74) is 7.87. The van der Waals surface area contributed by atoms with Crippen LogP contribution in [0.25, 0.3) is 10.6 Å². The molecule has 0 atom stereocenters. The Morgan fingerprint density at radius 2 is 2.10 bits per heavy atom. The number of hydrogen-bond donors (Lipinski definition) is 3. The molecule has 0 aliphatic heterocycles. The molecular weight excluding hydrogens is 406 g/mol. The number of nitrogens with zero attached hydrogens (tertiary/aromatic N) is 2. The third kappa shape index (κ3) is 6.03. The fraction of sp³-hybridized carbons (Fsp3) is 0.250. The summed E-state index contributed by atoms with van der Waals surface area (Å²) in [7, 11) is 0. The van der Waals surface area contributed by atoms with E-state index in [1.807, 2.05) is 48.7 Å². The van der Waals surface area contributed by atoms with Crippen molar-refractivity contribution in [3.8, 4) is 16.3 Å². The minimum atomic E-state index is -0.0428. The van der Waals surface area contributed by atoms with E-state index in [0.717, 1.165) is 26.8 Å². The zero-order valence-corrected chi connectivity index (χ0v) is 17.9. The van der Waals surface area contributed by atoms with Crippen molar-refractivity contribution in [2.45, 2.75) is 26.9 Å². The van der Waals surface area contributed by atoms with Crippen molar-refractivity contribution < 1.29 is 9.53 Å². The molecular formula is C20H23N5O2S2. The van der Waals surface area contributed by atoms with Crippen LogP contribution in [-0.4, -0.2) is 23.5 Å². The van der Waals surface area contributed by atoms with E-state index < -0.39 is 0 Å². The van der Waals surface area contributed by atoms with Gasteiger partial charge in [0.05, 0.1) is 30.3 Å². The maximum Gasteiger partial charge on any atom is 0.217 e. The zero-order chi connectivity index (χ0) is 20.6. The number of aliphatic imine (C=N–C) groups is 1. The number of hydrogen-bond acceptors (Lipinski definition) is 6. The highest BCUT2D eigenvalue weighted by Gasteiger charge is 2.09. The van der Waals surface area contributed by atoms with E-state index in [1.165, 1.54) is 18.3 Å². The average Bonchev–Trinajstić information content (AvgIpc) is 3.35. The summed E-state index contributed by atoms with van der Waals surface area (Å²) < 4.78 is 5.61. The first kappa shape index (κ1) is 20.8. The van der Waals surface area contributed by atoms with Crippen LogP contribution >= 0.6 is 22.7 Å². The van der Waals surface area contributed by atoms with E-state index in [9.17, 15) is 4.79 Å². The van der Waals surface area contributed by atoms with Crippen LogP contribution in [0, 0.1) is 0 Å². The van der Waals surface area contributed by atoms with Crippen molar-refractivity contribution in [3.05, 3.63) is 52.2 Å². The number of rotatable bonds is 8. The lowest BCUT2D eigenvalue weighted by Gasteiger charge is -2.08. The lowest BCUT2D eigenvalue weighted by molar-refractivity contribution is -0.119. The summed E-state index contributed by atoms with van der Waals surface area (Å²) in [5, 5.41) is 8.48. The Morgan fingerprint density at radius 3 is 2.90 bits per heavy atom. The van der Waals surface area contributed by atoms with Gasteiger partial charge in [-0.2, -0.15) is 0 Å². The summed E-state index contributed by atoms with van der Waals surface area (Å²) in [6.07, 6.45) is 0. The molecule has 152 valence electrons. The SMILES string of the molecule is CCOc1ccccc1CN=C(N)Nc1nc(-c2ccc(CNC(C)=O)s2)cs1. The Hall–Kier alpha value is -2.91. The monoisotopic (exact) mass is 429 g/mol. The normalized spacial score (nSPS) is 11.3. The van der Waals surface area contributed by atoms with Gasteiger partial charge in [0.1, 0.15) is 5.75 Å². The highest BCUT2D eigenvalue weighted by atomic mass is 32.1. The number of carbonyl (C=O) groups is 1. The molecule has 1 amide bonds. The molecule has 0 unspecified atom stereocenters. The molecule has 29 heavy (non-hydrogen) atoms. The summed E-state index contributed by atoms with van der Waals surface area (Å²) in [4.78, 5) is 22.1. The maximum absolute atomic E-state index is 11.0. The number of thiophene rings is 1. The van der Waals surface area contributed by atoms with Gasteiger partial charge in [-0.15, -0.1) is 22.7 Å². The molecule has 4 N–H and O–H groups in total. The molecule has 0 saturated carbocycles. The van der Waals surface area contributed by atoms with Crippen molar-refractivity contribution >= 4 is 39.7 Å². The Morgan fingerprint density at radius 1 is 1.28 bits per heavy atom. The predicted molar refractivity (Wildman–Crippen MR) is 120 cm³/mol. The number of anilines is 1. The van der Waals surface area contributed by atoms with Gasteiger partial charge in [-0.3, -0.25) is 4.79 Å². The van der Waals surface area contributed by atoms with Gasteiger partial charge in [-0.05, 0) is 25.1 Å². The summed E-state index contributed by atoms with van der Waals surface area (Å²) in [6, 6.07) is 11.8. The van der Waals surface area contributed by atoms with E-state index >= 15 is 0 Å². The molecule has 0 aliphatic rings. The smallest absolute Gasteiger partial charge is 0.217 e. The first-order chi connectivity index (χ1) is 14.0. The number of ether oxygens (including phenoxy) is 1. The molecule has 0 bridgehead atoms. The molecule has 0 saturated heterocycles. The van der Waals surface area contributed by atoms with Crippen molar-refractivity contribution in [1.29, 1.82) is 0 Å². The minimum Gasteiger partial charge on any atom is -0.494 e. The summed E-state index contributed by atoms with van der Waals surface area (Å²) >= 11 is 3.06. The Bertz CT molecular complexity index is 996. The number of thiazole rings is 1. The number of para-hydroxylation sites is 1. The number of guanidine groups is 1. The van der Waals surface area contributed by atoms with Gasteiger partial charge in [-0.1, -0.05) is 18.2 Å². The summed E-state index contributed by atoms with van der Waals surface area (Å²) in [5.74, 6) is 1.07. The highest BCUT2D eigenvalue weighted by molar-refractivity contribution is 7.17. The molecule has 0 fully saturated rings. The van der Waals surface area contributed by atoms with E-state index in [4.69, 9.17) is 10.5 Å². The lowest BCUT2D eigenvalue weighted by Crippen LogP contribution is -2.22. The maximum atomic E-state index is 11.0. The van der Waals surface area contributed by atoms with Crippen LogP contribution in [0.5, 0.6) is 5.75 Å². The van der Waals surface area contributed by atoms with Crippen molar-refractivity contribution in [2.24, 2.45) is 10.7 Å². The van der Waals surface area contributed by atoms with Crippen molar-refractivity contribution in [2.75, 3.05) is 11.9 Å². The van der Waals surface area contributed by atoms with Crippen LogP contribution < -0.4 is 21.1 Å². The van der Waals surface area contributed by atoms with E-state index in [2.05, 4.69) is 20.6 Å². The second-order valence-corrected chi connectivity index (χ2v) is 8.11. The topological polar surface area (TPSA) is 102 Å². The van der Waals surface area contributed by atoms with Gasteiger partial charge in [0, 0.05) is 22.7 Å². The minimum absolute atomic E-state index is 0.0428. The Balaban J connectivity index is 1.61. The number of benzene rings is 1. The van der Waals surface area contributed by atoms with Crippen LogP contribution in [0.3, 0.4) is 0 Å². The number of aromatic nitrogens is 1. The third-order valence-corrected chi connectivity index (χ3v) is 5.72. The zero-order valence-electron chi connectivity index (χ0n) is 16.3. The van der Waals surface area contributed by atoms with E-state index in [1.54, 1.807) is 11.3 Å². The number of carbonyl (C=O) groups excluding carboxylic acids is 1. The van der Waals surface area contributed by atoms with Crippen molar-refractivity contribution in [3.63, 3.8) is 0 Å². The van der Waals surface area contributed by atoms with Crippen LogP contribution in [-0.2, 0) is 17.9 Å². The van der Waals surface area contributed by atoms with Crippen LogP contribution in [0.2, 0.25) is 0 Å². The van der Waals surface area contributed by atoms with Gasteiger partial charge < -0.3 is 21.1 Å². The fourth-order valence-electron chi connectivity index (χ4n) is 2.52. The summed E-state index contributed by atoms with van der Waals surface area (Å²) in [6.45, 7) is 5.01. The standard InChI is InChI=1S/C20H23N5O2S2/c1-3-27-17-7-5-4-6-14(17)10-23-19(21)25-20-24-16(12-28-20)18-9-8-15(29-18)11-22-13(2)26/h4-9,12H,3,10-11H2,1-2H3,(H,22,26)(H3,21,23,24,25). The number of nitrogens with one attached hydrogen (secondary N) is 2. The first-order valence-corrected chi connectivity index (χ1v) is 10.8. The molecule has 1 aromatic carbocycles. The molecule has 3 aromatic rings. The molecule has 7 nitrogen and oxygen atoms in total. The third-order valence-electron chi connectivity index (χ3n) is 3.86. The fourth-order valence-corrected chi connectivity index (χ4v) is 4.22. The molecule has 2 aromatic heterocycles. The van der Waals surface area contributed by atoms with Crippen molar-refractivity contribution in [1.82, 2.24) is 10.3 Å². The Labute approximate surface area is 177 Å². The average molecular weight is 430 g/mol. The van der Waals surface area contributed by atoms with Crippen LogP contribution in [0.1, 0.15) is 24.3 Å². The number of amides is 1. The quantitative estimate of drug-likeness (QED) is 0.373. The molecule has 0 radical (unpaired) electrons. The molecule has 9 heteroatoms. The molecule has 3 rings (SSSR count). The van der Waals surface area contributed by atoms with E-state index in [-0.39, 0.29) is 5.91 Å². The predicted octanol–water partition coefficient (Wildman–Crippen LogP) is 3.83. The van der Waals surface area contributed by atoms with Gasteiger partial charge in [0.15, 0.2) is 11.1 Å². The van der Waals surface area contributed by atoms with Gasteiger partial charge in [0.2, 0.25) is 5.91 Å². The molecule has 2 heterocycles. The highest BCUT2D eigenvalue weighted by Crippen LogP contribution is 2.30. The number of nitrogens with two attached hydrogens (primary N) is 1. The molecule has 0 spiro atoms. The molecule has 0 aliphatic carbocycles. The lowest BCUT2D eigenvalue weighted by atomic mass is 10.2.